The Bertz CT molecular complexity index is 1390. The highest BCUT2D eigenvalue weighted by Gasteiger charge is 2.73. The molecule has 6 rings (SSSR count). The first-order valence-corrected chi connectivity index (χ1v) is 20.8. The van der Waals surface area contributed by atoms with Crippen molar-refractivity contribution in [2.75, 3.05) is 6.61 Å². The van der Waals surface area contributed by atoms with Crippen molar-refractivity contribution in [3.8, 4) is 0 Å². The van der Waals surface area contributed by atoms with Crippen LogP contribution in [-0.4, -0.2) is 138 Å². The van der Waals surface area contributed by atoms with Gasteiger partial charge in [0, 0.05) is 0 Å². The highest BCUT2D eigenvalue weighted by molar-refractivity contribution is 5.22. The molecule has 13 heteroatoms. The van der Waals surface area contributed by atoms with Crippen LogP contribution in [0.3, 0.4) is 0 Å². The lowest BCUT2D eigenvalue weighted by Gasteiger charge is -2.72. The van der Waals surface area contributed by atoms with E-state index in [4.69, 9.17) is 18.9 Å². The van der Waals surface area contributed by atoms with Crippen molar-refractivity contribution in [1.29, 1.82) is 0 Å². The number of ether oxygens (including phenoxy) is 4. The zero-order valence-electron chi connectivity index (χ0n) is 34.4. The van der Waals surface area contributed by atoms with E-state index in [1.54, 1.807) is 0 Å². The maximum Gasteiger partial charge on any atom is 0.187 e. The van der Waals surface area contributed by atoms with Crippen molar-refractivity contribution in [2.24, 2.45) is 45.3 Å². The molecule has 4 aliphatic carbocycles. The number of hydrogen-bond donors (Lipinski definition) is 9. The Morgan fingerprint density at radius 2 is 1.49 bits per heavy atom. The van der Waals surface area contributed by atoms with E-state index in [9.17, 15) is 46.0 Å². The van der Waals surface area contributed by atoms with E-state index in [0.29, 0.717) is 32.1 Å². The average Bonchev–Trinajstić information content (AvgIpc) is 3.49. The van der Waals surface area contributed by atoms with Gasteiger partial charge in [-0.05, 0) is 124 Å². The van der Waals surface area contributed by atoms with Crippen LogP contribution < -0.4 is 0 Å². The molecule has 21 atom stereocenters. The van der Waals surface area contributed by atoms with Crippen LogP contribution in [0.2, 0.25) is 0 Å². The van der Waals surface area contributed by atoms with Crippen LogP contribution in [0.15, 0.2) is 11.6 Å². The van der Waals surface area contributed by atoms with Crippen LogP contribution in [0.5, 0.6) is 0 Å². The molecular formula is C42H72O13. The Balaban J connectivity index is 1.38. The molecule has 6 aliphatic rings. The van der Waals surface area contributed by atoms with E-state index < -0.39 is 114 Å². The smallest absolute Gasteiger partial charge is 0.187 e. The summed E-state index contributed by atoms with van der Waals surface area (Å²) in [5, 5.41) is 100. The van der Waals surface area contributed by atoms with Crippen molar-refractivity contribution < 1.29 is 64.9 Å². The molecule has 0 bridgehead atoms. The summed E-state index contributed by atoms with van der Waals surface area (Å²) in [5.41, 5.74) is -1.71. The Morgan fingerprint density at radius 3 is 2.13 bits per heavy atom. The fourth-order valence-electron chi connectivity index (χ4n) is 13.3. The molecule has 6 fully saturated rings. The van der Waals surface area contributed by atoms with Gasteiger partial charge >= 0.3 is 0 Å². The van der Waals surface area contributed by atoms with E-state index >= 15 is 0 Å². The third-order valence-electron chi connectivity index (χ3n) is 16.5. The van der Waals surface area contributed by atoms with Gasteiger partial charge in [0.25, 0.3) is 0 Å². The van der Waals surface area contributed by atoms with Gasteiger partial charge in [-0.2, -0.15) is 0 Å². The molecule has 0 spiro atoms. The van der Waals surface area contributed by atoms with Gasteiger partial charge in [-0.3, -0.25) is 0 Å². The molecule has 0 aromatic heterocycles. The van der Waals surface area contributed by atoms with Gasteiger partial charge in [0.1, 0.15) is 42.7 Å². The average molecular weight is 785 g/mol. The molecule has 0 amide bonds. The summed E-state index contributed by atoms with van der Waals surface area (Å²) in [4.78, 5) is 0. The fraction of sp³-hybridized carbons (Fsp3) is 0.952. The van der Waals surface area contributed by atoms with Crippen LogP contribution in [0, 0.1) is 45.3 Å². The van der Waals surface area contributed by atoms with Gasteiger partial charge in [-0.1, -0.05) is 46.3 Å². The van der Waals surface area contributed by atoms with E-state index in [-0.39, 0.29) is 23.7 Å². The molecule has 2 saturated heterocycles. The monoisotopic (exact) mass is 784 g/mol. The molecule has 0 radical (unpaired) electrons. The summed E-state index contributed by atoms with van der Waals surface area (Å²) >= 11 is 0. The minimum atomic E-state index is -1.70. The molecular weight excluding hydrogens is 712 g/mol. The number of allylic oxidation sites excluding steroid dienone is 2. The molecule has 0 aromatic rings. The zero-order valence-corrected chi connectivity index (χ0v) is 34.4. The first-order valence-electron chi connectivity index (χ1n) is 20.8. The summed E-state index contributed by atoms with van der Waals surface area (Å²) in [6, 6.07) is 0. The maximum atomic E-state index is 12.3. The quantitative estimate of drug-likeness (QED) is 0.121. The van der Waals surface area contributed by atoms with Gasteiger partial charge in [-0.15, -0.1) is 0 Å². The second-order valence-electron chi connectivity index (χ2n) is 20.3. The second kappa shape index (κ2) is 15.4. The lowest BCUT2D eigenvalue weighted by molar-refractivity contribution is -0.382. The first-order chi connectivity index (χ1) is 25.5. The van der Waals surface area contributed by atoms with Crippen molar-refractivity contribution in [3.05, 3.63) is 11.6 Å². The van der Waals surface area contributed by atoms with Gasteiger partial charge in [0.15, 0.2) is 12.6 Å². The Labute approximate surface area is 327 Å². The minimum absolute atomic E-state index is 0.0411. The van der Waals surface area contributed by atoms with E-state index in [1.165, 1.54) is 12.5 Å². The van der Waals surface area contributed by atoms with Crippen LogP contribution in [0.1, 0.15) is 114 Å². The van der Waals surface area contributed by atoms with E-state index in [2.05, 4.69) is 40.7 Å². The highest BCUT2D eigenvalue weighted by Crippen LogP contribution is 2.76. The molecule has 0 unspecified atom stereocenters. The molecule has 13 nitrogen and oxygen atoms in total. The number of fused-ring (bicyclic) bond motifs is 5. The maximum absolute atomic E-state index is 12.3. The lowest BCUT2D eigenvalue weighted by Crippen LogP contribution is -2.71. The number of aliphatic hydroxyl groups excluding tert-OH is 8. The Morgan fingerprint density at radius 1 is 0.818 bits per heavy atom. The third kappa shape index (κ3) is 7.10. The van der Waals surface area contributed by atoms with Crippen molar-refractivity contribution in [1.82, 2.24) is 0 Å². The molecule has 0 aromatic carbocycles. The van der Waals surface area contributed by atoms with Crippen LogP contribution >= 0.6 is 0 Å². The summed E-state index contributed by atoms with van der Waals surface area (Å²) < 4.78 is 25.1. The normalized spacial score (nSPS) is 53.4. The standard InChI is InChI=1S/C42H72O13/c1-20(2)11-10-14-42(9,51)22-12-16-40(7)28(22)23(44)17-26-39(6)15-13-27(45)38(4,5)35(39)24(18-41(26,40)8)53-37-34(32(49)30(47)25(19-43)54-37)55-36-33(50)31(48)29(46)21(3)52-36/h11,21-37,43-51H,10,12-19H2,1-9H3/t21-,22-,23+,24+,25+,26+,27-,28-,29-,30+,31+,32-,33+,34+,35-,36-,37+,39+,40+,41+,42-/m0/s1. The predicted octanol–water partition coefficient (Wildman–Crippen LogP) is 2.15. The Kier molecular flexibility index (Phi) is 12.2. The van der Waals surface area contributed by atoms with Crippen molar-refractivity contribution in [3.63, 3.8) is 0 Å². The van der Waals surface area contributed by atoms with Gasteiger partial charge in [-0.25, -0.2) is 0 Å². The SMILES string of the molecule is CC(C)=CCC[C@](C)(O)[C@H]1CC[C@]2(C)[C@@H]1[C@H](O)C[C@@H]1[C@@]3(C)CC[C@H](O)C(C)(C)[C@@H]3[C@H](O[C@@H]3O[C@H](CO)[C@@H](O)[C@H](O)[C@H]3O[C@@H]3O[C@@H](C)[C@H](O)[C@@H](O)[C@H]3O)C[C@]12C. The van der Waals surface area contributed by atoms with Crippen LogP contribution in [0.4, 0.5) is 0 Å². The van der Waals surface area contributed by atoms with Gasteiger partial charge in [0.05, 0.1) is 36.6 Å². The van der Waals surface area contributed by atoms with Crippen LogP contribution in [0.25, 0.3) is 0 Å². The third-order valence-corrected chi connectivity index (χ3v) is 16.5. The molecule has 318 valence electrons. The predicted molar refractivity (Wildman–Crippen MR) is 201 cm³/mol. The number of rotatable bonds is 9. The Hall–Kier alpha value is -0.780. The summed E-state index contributed by atoms with van der Waals surface area (Å²) in [7, 11) is 0. The molecule has 4 saturated carbocycles. The minimum Gasteiger partial charge on any atom is -0.394 e. The van der Waals surface area contributed by atoms with Crippen molar-refractivity contribution >= 4 is 0 Å². The number of aliphatic hydroxyl groups is 9. The molecule has 2 heterocycles. The first kappa shape index (κ1) is 43.8. The topological polar surface area (TPSA) is 219 Å². The summed E-state index contributed by atoms with van der Waals surface area (Å²) in [6.45, 7) is 17.8. The fourth-order valence-corrected chi connectivity index (χ4v) is 13.3. The highest BCUT2D eigenvalue weighted by atomic mass is 16.8. The molecule has 2 aliphatic heterocycles. The largest absolute Gasteiger partial charge is 0.394 e. The summed E-state index contributed by atoms with van der Waals surface area (Å²) in [5.74, 6) is -0.526. The molecule has 55 heavy (non-hydrogen) atoms. The van der Waals surface area contributed by atoms with E-state index in [1.807, 2.05) is 20.8 Å². The zero-order chi connectivity index (χ0) is 40.8. The number of hydrogen-bond acceptors (Lipinski definition) is 13. The van der Waals surface area contributed by atoms with E-state index in [0.717, 1.165) is 19.3 Å². The molecule has 9 N–H and O–H groups in total. The second-order valence-corrected chi connectivity index (χ2v) is 20.3. The summed E-state index contributed by atoms with van der Waals surface area (Å²) in [6.07, 6.45) is -8.99. The van der Waals surface area contributed by atoms with Crippen molar-refractivity contribution in [2.45, 2.75) is 199 Å². The van der Waals surface area contributed by atoms with Gasteiger partial charge in [0.2, 0.25) is 0 Å². The van der Waals surface area contributed by atoms with Crippen LogP contribution in [-0.2, 0) is 18.9 Å². The lowest BCUT2D eigenvalue weighted by atomic mass is 9.34. The van der Waals surface area contributed by atoms with Gasteiger partial charge < -0.3 is 64.9 Å².